The van der Waals surface area contributed by atoms with Crippen LogP contribution in [0.15, 0.2) is 81.8 Å². The third-order valence-corrected chi connectivity index (χ3v) is 16.2. The molecule has 3 aromatic heterocycles. The molecule has 3 fully saturated rings. The Bertz CT molecular complexity index is 3110. The van der Waals surface area contributed by atoms with E-state index < -0.39 is 55.3 Å². The van der Waals surface area contributed by atoms with Gasteiger partial charge in [0.15, 0.2) is 16.8 Å². The highest BCUT2D eigenvalue weighted by molar-refractivity contribution is 5.93. The minimum absolute atomic E-state index is 0.00887. The number of carbonyl (C=O) groups is 1. The second-order valence-corrected chi connectivity index (χ2v) is 20.4. The summed E-state index contributed by atoms with van der Waals surface area (Å²) in [4.78, 5) is 43.2. The summed E-state index contributed by atoms with van der Waals surface area (Å²) in [6, 6.07) is 12.4. The molecular weight excluding hydrogens is 901 g/mol. The number of aryl methyl sites for hydroxylation is 2. The second-order valence-electron chi connectivity index (χ2n) is 20.4. The van der Waals surface area contributed by atoms with Crippen LogP contribution in [0.5, 0.6) is 17.2 Å². The molecule has 1 amide bonds. The van der Waals surface area contributed by atoms with Crippen molar-refractivity contribution in [3.05, 3.63) is 105 Å². The standard InChI is InChI=1S/C53H60N4O13/c1-3-40-34-10-12-54-39(34)23-57(40)47-49-30(15-36-42(61)13-26(2)68-50(36)47)17-44(53(69-49)21-37(31-18-45(63)56-22-31)29-14-27-5-4-11-55-46(27)38(53)16-29)70-67-25-52(66,51(65)48(64)43(62)24-58)20-28-6-9-41(60)33-8-7-32(59)19-35(28)33/h6-10,12-15,19,23,29,31,37-38,43-44,46,48,51,54-55,58-60,62,64-66H,3-5,11,16-18,20-22,24-25H2,1-2H3,(H,56,63). The molecule has 6 heterocycles. The number of aliphatic hydroxyl groups excluding tert-OH is 4. The maximum atomic E-state index is 14.0. The fraction of sp³-hybridized carbons (Fsp3) is 0.472. The van der Waals surface area contributed by atoms with Crippen molar-refractivity contribution in [2.24, 2.45) is 23.7 Å². The van der Waals surface area contributed by atoms with E-state index in [-0.39, 0.29) is 59.0 Å². The van der Waals surface area contributed by atoms with Crippen molar-refractivity contribution in [2.75, 3.05) is 26.3 Å². The number of phenolic OH excluding ortho intramolecular Hbond substituents is 2. The van der Waals surface area contributed by atoms with Crippen LogP contribution >= 0.6 is 0 Å². The molecule has 370 valence electrons. The summed E-state index contributed by atoms with van der Waals surface area (Å²) >= 11 is 0. The van der Waals surface area contributed by atoms with E-state index in [0.717, 1.165) is 36.0 Å². The van der Waals surface area contributed by atoms with Crippen molar-refractivity contribution in [3.63, 3.8) is 0 Å². The number of carbonyl (C=O) groups excluding carboxylic acids is 1. The van der Waals surface area contributed by atoms with Crippen LogP contribution in [0.2, 0.25) is 0 Å². The van der Waals surface area contributed by atoms with Crippen LogP contribution in [0.25, 0.3) is 38.3 Å². The van der Waals surface area contributed by atoms with Crippen LogP contribution in [-0.2, 0) is 33.8 Å². The van der Waals surface area contributed by atoms with Gasteiger partial charge in [-0.3, -0.25) is 9.59 Å². The number of aromatic amines is 1. The van der Waals surface area contributed by atoms with Crippen LogP contribution in [0, 0.1) is 30.6 Å². The first-order valence-electron chi connectivity index (χ1n) is 24.5. The van der Waals surface area contributed by atoms with Crippen LogP contribution in [-0.4, -0.2) is 119 Å². The first-order chi connectivity index (χ1) is 33.7. The highest BCUT2D eigenvalue weighted by Gasteiger charge is 2.62. The van der Waals surface area contributed by atoms with Crippen molar-refractivity contribution < 1.29 is 59.5 Å². The summed E-state index contributed by atoms with van der Waals surface area (Å²) in [6.45, 7) is 3.41. The molecule has 3 aromatic carbocycles. The third-order valence-electron chi connectivity index (χ3n) is 16.2. The lowest BCUT2D eigenvalue weighted by Gasteiger charge is -2.59. The number of fused-ring (bicyclic) bond motifs is 9. The summed E-state index contributed by atoms with van der Waals surface area (Å²) < 4.78 is 16.4. The monoisotopic (exact) mass is 960 g/mol. The van der Waals surface area contributed by atoms with Crippen molar-refractivity contribution in [3.8, 4) is 22.9 Å². The number of hydrogen-bond acceptors (Lipinski definition) is 14. The van der Waals surface area contributed by atoms with Crippen molar-refractivity contribution in [1.82, 2.24) is 20.2 Å². The van der Waals surface area contributed by atoms with E-state index in [2.05, 4.69) is 33.2 Å². The van der Waals surface area contributed by atoms with E-state index in [1.807, 2.05) is 18.5 Å². The molecule has 1 spiro atoms. The smallest absolute Gasteiger partial charge is 0.220 e. The molecule has 3 aliphatic heterocycles. The third kappa shape index (κ3) is 7.69. The van der Waals surface area contributed by atoms with E-state index in [0.29, 0.717) is 82.3 Å². The molecule has 11 atom stereocenters. The van der Waals surface area contributed by atoms with Gasteiger partial charge in [-0.1, -0.05) is 24.6 Å². The lowest BCUT2D eigenvalue weighted by molar-refractivity contribution is -0.380. The Kier molecular flexibility index (Phi) is 11.9. The average Bonchev–Trinajstić information content (AvgIpc) is 4.09. The first kappa shape index (κ1) is 46.6. The van der Waals surface area contributed by atoms with E-state index in [1.165, 1.54) is 42.0 Å². The number of phenols is 2. The molecule has 70 heavy (non-hydrogen) atoms. The van der Waals surface area contributed by atoms with Gasteiger partial charge >= 0.3 is 0 Å². The Labute approximate surface area is 402 Å². The Hall–Kier alpha value is -5.76. The summed E-state index contributed by atoms with van der Waals surface area (Å²) in [5.74, 6) is 0.615. The van der Waals surface area contributed by atoms with Crippen molar-refractivity contribution >= 4 is 38.6 Å². The van der Waals surface area contributed by atoms with Gasteiger partial charge in [0, 0.05) is 78.3 Å². The van der Waals surface area contributed by atoms with Gasteiger partial charge in [-0.15, -0.1) is 0 Å². The van der Waals surface area contributed by atoms with Crippen molar-refractivity contribution in [2.45, 2.75) is 107 Å². The number of piperidine rings is 1. The maximum Gasteiger partial charge on any atom is 0.220 e. The molecule has 10 N–H and O–H groups in total. The molecule has 0 radical (unpaired) electrons. The van der Waals surface area contributed by atoms with Crippen LogP contribution < -0.4 is 20.8 Å². The first-order valence-corrected chi connectivity index (χ1v) is 24.5. The summed E-state index contributed by atoms with van der Waals surface area (Å²) in [5.41, 5.74) is 1.23. The van der Waals surface area contributed by atoms with E-state index in [1.54, 1.807) is 13.0 Å². The fourth-order valence-corrected chi connectivity index (χ4v) is 12.8. The molecule has 5 aliphatic rings. The Morgan fingerprint density at radius 2 is 1.86 bits per heavy atom. The Balaban J connectivity index is 1.06. The fourth-order valence-electron chi connectivity index (χ4n) is 12.8. The van der Waals surface area contributed by atoms with Crippen LogP contribution in [0.4, 0.5) is 0 Å². The SMILES string of the molecule is CCc1c2cc[nH]c2cn1-c1c2c(cc3c(=O)cc(C)oc13)CC(OOCC(O)(Cc1ccc(O)c3ccc(O)cc13)C(O)C(O)C(O)CO)C1(CC(C3CNC(=O)C3)C3C=C4CCCNC4C1C3)O2. The molecule has 1 saturated carbocycles. The van der Waals surface area contributed by atoms with Crippen LogP contribution in [0.3, 0.4) is 0 Å². The number of aromatic nitrogens is 2. The number of ether oxygens (including phenoxy) is 1. The average molecular weight is 961 g/mol. The predicted octanol–water partition coefficient (Wildman–Crippen LogP) is 4.01. The quantitative estimate of drug-likeness (QED) is 0.0446. The predicted molar refractivity (Wildman–Crippen MR) is 257 cm³/mol. The molecule has 11 unspecified atom stereocenters. The van der Waals surface area contributed by atoms with Gasteiger partial charge < -0.3 is 65.1 Å². The highest BCUT2D eigenvalue weighted by Crippen LogP contribution is 2.58. The number of allylic oxidation sites excluding steroid dienone is 1. The molecule has 17 nitrogen and oxygen atoms in total. The van der Waals surface area contributed by atoms with E-state index >= 15 is 0 Å². The van der Waals surface area contributed by atoms with Crippen molar-refractivity contribution in [1.29, 1.82) is 0 Å². The number of aliphatic hydroxyl groups is 5. The number of aromatic hydroxyl groups is 2. The number of rotatable bonds is 13. The summed E-state index contributed by atoms with van der Waals surface area (Å²) in [5, 5.41) is 86.0. The minimum atomic E-state index is -2.43. The number of hydrogen-bond donors (Lipinski definition) is 10. The largest absolute Gasteiger partial charge is 0.508 e. The van der Waals surface area contributed by atoms with Gasteiger partial charge in [0.2, 0.25) is 5.91 Å². The molecule has 2 aliphatic carbocycles. The van der Waals surface area contributed by atoms with Gasteiger partial charge in [-0.2, -0.15) is 0 Å². The lowest BCUT2D eigenvalue weighted by Crippen LogP contribution is -2.68. The summed E-state index contributed by atoms with van der Waals surface area (Å²) in [7, 11) is 0. The lowest BCUT2D eigenvalue weighted by atomic mass is 9.54. The molecule has 2 saturated heterocycles. The van der Waals surface area contributed by atoms with E-state index in [4.69, 9.17) is 18.9 Å². The minimum Gasteiger partial charge on any atom is -0.508 e. The second kappa shape index (κ2) is 17.8. The zero-order chi connectivity index (χ0) is 48.8. The topological polar surface area (TPSA) is 261 Å². The zero-order valence-electron chi connectivity index (χ0n) is 39.1. The Morgan fingerprint density at radius 1 is 1.01 bits per heavy atom. The van der Waals surface area contributed by atoms with E-state index in [9.17, 15) is 45.3 Å². The Morgan fingerprint density at radius 3 is 2.64 bits per heavy atom. The molecule has 17 heteroatoms. The number of H-pyrrole nitrogens is 1. The normalized spacial score (nSPS) is 27.4. The summed E-state index contributed by atoms with van der Waals surface area (Å²) in [6.07, 6.45) is 3.06. The number of nitrogens with zero attached hydrogens (tertiary/aromatic N) is 1. The van der Waals surface area contributed by atoms with Gasteiger partial charge in [0.25, 0.3) is 0 Å². The number of benzene rings is 3. The van der Waals surface area contributed by atoms with Gasteiger partial charge in [0.1, 0.15) is 65.2 Å². The number of nitrogens with one attached hydrogen (secondary N) is 3. The highest BCUT2D eigenvalue weighted by atomic mass is 17.2. The molecule has 2 bridgehead atoms. The van der Waals surface area contributed by atoms with Crippen LogP contribution in [0.1, 0.15) is 61.6 Å². The van der Waals surface area contributed by atoms with Gasteiger partial charge in [-0.05, 0) is 111 Å². The maximum absolute atomic E-state index is 14.0. The van der Waals surface area contributed by atoms with Gasteiger partial charge in [0.05, 0.1) is 17.5 Å². The number of amides is 1. The molecule has 11 rings (SSSR count). The van der Waals surface area contributed by atoms with Gasteiger partial charge in [-0.25, -0.2) is 9.78 Å². The zero-order valence-corrected chi connectivity index (χ0v) is 39.1. The molecule has 6 aromatic rings. The molecular formula is C53H60N4O13.